The van der Waals surface area contributed by atoms with Crippen LogP contribution in [0.1, 0.15) is 5.76 Å². The van der Waals surface area contributed by atoms with Gasteiger partial charge < -0.3 is 4.42 Å². The number of para-hydroxylation sites is 1. The van der Waals surface area contributed by atoms with Crippen LogP contribution in [0.5, 0.6) is 0 Å². The van der Waals surface area contributed by atoms with Crippen molar-refractivity contribution in [3.63, 3.8) is 0 Å². The molecule has 0 aliphatic carbocycles. The van der Waals surface area contributed by atoms with Crippen LogP contribution < -0.4 is 5.32 Å². The highest BCUT2D eigenvalue weighted by Crippen LogP contribution is 2.32. The first-order valence-corrected chi connectivity index (χ1v) is 10.0. The van der Waals surface area contributed by atoms with Gasteiger partial charge in [0.25, 0.3) is 0 Å². The van der Waals surface area contributed by atoms with Gasteiger partial charge in [0.1, 0.15) is 17.0 Å². The summed E-state index contributed by atoms with van der Waals surface area (Å²) in [6, 6.07) is 14.2. The number of rotatable bonds is 4. The molecule has 140 valence electrons. The van der Waals surface area contributed by atoms with E-state index < -0.39 is 0 Å². The van der Waals surface area contributed by atoms with Crippen molar-refractivity contribution in [2.75, 3.05) is 5.32 Å². The van der Waals surface area contributed by atoms with Crippen LogP contribution in [0.2, 0.25) is 15.1 Å². The molecule has 28 heavy (non-hydrogen) atoms. The summed E-state index contributed by atoms with van der Waals surface area (Å²) in [7, 11) is 0. The zero-order chi connectivity index (χ0) is 19.7. The fraction of sp³-hybridized carbons (Fsp3) is 0. The predicted molar refractivity (Wildman–Crippen MR) is 116 cm³/mol. The molecule has 4 nitrogen and oxygen atoms in total. The van der Waals surface area contributed by atoms with E-state index in [2.05, 4.69) is 10.3 Å². The van der Waals surface area contributed by atoms with Crippen molar-refractivity contribution in [1.29, 1.82) is 0 Å². The number of aromatic nitrogens is 1. The molecule has 0 saturated heterocycles. The van der Waals surface area contributed by atoms with E-state index in [1.54, 1.807) is 42.5 Å². The third-order valence-corrected chi connectivity index (χ3v) is 5.61. The van der Waals surface area contributed by atoms with Gasteiger partial charge in [0.2, 0.25) is 5.91 Å². The summed E-state index contributed by atoms with van der Waals surface area (Å²) in [5.74, 6) is 0.781. The lowest BCUT2D eigenvalue weighted by Crippen LogP contribution is -2.07. The number of amides is 1. The molecule has 1 amide bonds. The molecule has 0 aliphatic rings. The van der Waals surface area contributed by atoms with Crippen molar-refractivity contribution in [2.24, 2.45) is 0 Å². The highest BCUT2D eigenvalue weighted by atomic mass is 35.5. The topological polar surface area (TPSA) is 55.1 Å². The number of furan rings is 1. The monoisotopic (exact) mass is 448 g/mol. The average Bonchev–Trinajstić information content (AvgIpc) is 3.27. The summed E-state index contributed by atoms with van der Waals surface area (Å²) in [6.45, 7) is 0. The average molecular weight is 450 g/mol. The molecular weight excluding hydrogens is 439 g/mol. The number of carbonyl (C=O) groups excluding carboxylic acids is 1. The van der Waals surface area contributed by atoms with Crippen LogP contribution in [0.25, 0.3) is 27.6 Å². The number of hydrogen-bond donors (Lipinski definition) is 1. The van der Waals surface area contributed by atoms with Crippen LogP contribution in [0, 0.1) is 0 Å². The number of hydrogen-bond acceptors (Lipinski definition) is 4. The summed E-state index contributed by atoms with van der Waals surface area (Å²) in [4.78, 5) is 16.5. The van der Waals surface area contributed by atoms with E-state index in [1.165, 1.54) is 17.4 Å². The van der Waals surface area contributed by atoms with E-state index in [4.69, 9.17) is 39.2 Å². The van der Waals surface area contributed by atoms with Gasteiger partial charge in [0.15, 0.2) is 5.13 Å². The molecule has 4 aromatic rings. The number of benzene rings is 2. The Hall–Kier alpha value is -2.31. The zero-order valence-electron chi connectivity index (χ0n) is 14.1. The highest BCUT2D eigenvalue weighted by Gasteiger charge is 2.10. The molecule has 4 rings (SSSR count). The van der Waals surface area contributed by atoms with Gasteiger partial charge in [0.05, 0.1) is 14.7 Å². The van der Waals surface area contributed by atoms with Crippen LogP contribution >= 0.6 is 46.1 Å². The normalized spacial score (nSPS) is 11.4. The number of nitrogens with one attached hydrogen (secondary N) is 1. The Morgan fingerprint density at radius 3 is 2.71 bits per heavy atom. The predicted octanol–water partition coefficient (Wildman–Crippen LogP) is 7.17. The zero-order valence-corrected chi connectivity index (χ0v) is 17.2. The fourth-order valence-corrected chi connectivity index (χ4v) is 4.22. The maximum atomic E-state index is 12.2. The molecule has 0 bridgehead atoms. The minimum Gasteiger partial charge on any atom is -0.457 e. The van der Waals surface area contributed by atoms with Crippen molar-refractivity contribution in [3.05, 3.63) is 75.4 Å². The second-order valence-electron chi connectivity index (χ2n) is 5.75. The first-order chi connectivity index (χ1) is 13.5. The van der Waals surface area contributed by atoms with Gasteiger partial charge in [-0.15, -0.1) is 0 Å². The molecule has 2 aromatic carbocycles. The largest absolute Gasteiger partial charge is 0.457 e. The maximum Gasteiger partial charge on any atom is 0.250 e. The second kappa shape index (κ2) is 7.97. The van der Waals surface area contributed by atoms with Crippen LogP contribution in [-0.2, 0) is 4.79 Å². The molecule has 0 fully saturated rings. The Morgan fingerprint density at radius 2 is 1.93 bits per heavy atom. The number of halogens is 3. The molecule has 0 atom stereocenters. The first-order valence-electron chi connectivity index (χ1n) is 8.09. The summed E-state index contributed by atoms with van der Waals surface area (Å²) in [5, 5.41) is 4.80. The number of nitrogens with zero attached hydrogens (tertiary/aromatic N) is 1. The van der Waals surface area contributed by atoms with Crippen molar-refractivity contribution in [1.82, 2.24) is 4.98 Å². The SMILES string of the molecule is O=C(/C=C/c1ccc(-c2ccc(Cl)cc2Cl)o1)Nc1nc2c(Cl)cccc2s1. The van der Waals surface area contributed by atoms with Crippen LogP contribution in [-0.4, -0.2) is 10.9 Å². The van der Waals surface area contributed by atoms with E-state index >= 15 is 0 Å². The minimum atomic E-state index is -0.322. The van der Waals surface area contributed by atoms with Crippen LogP contribution in [0.15, 0.2) is 59.0 Å². The van der Waals surface area contributed by atoms with Crippen molar-refractivity contribution >= 4 is 73.5 Å². The molecule has 0 saturated carbocycles. The molecule has 1 N–H and O–H groups in total. The molecule has 0 unspecified atom stereocenters. The summed E-state index contributed by atoms with van der Waals surface area (Å²) < 4.78 is 6.63. The lowest BCUT2D eigenvalue weighted by molar-refractivity contribution is -0.111. The van der Waals surface area contributed by atoms with E-state index in [0.29, 0.717) is 37.2 Å². The van der Waals surface area contributed by atoms with Gasteiger partial charge in [-0.1, -0.05) is 52.2 Å². The number of anilines is 1. The highest BCUT2D eigenvalue weighted by molar-refractivity contribution is 7.22. The van der Waals surface area contributed by atoms with Crippen LogP contribution in [0.3, 0.4) is 0 Å². The molecule has 0 spiro atoms. The van der Waals surface area contributed by atoms with E-state index in [1.807, 2.05) is 12.1 Å². The Balaban J connectivity index is 1.47. The van der Waals surface area contributed by atoms with Gasteiger partial charge in [-0.3, -0.25) is 10.1 Å². The summed E-state index contributed by atoms with van der Waals surface area (Å²) in [6.07, 6.45) is 2.95. The second-order valence-corrected chi connectivity index (χ2v) is 8.04. The molecule has 8 heteroatoms. The van der Waals surface area contributed by atoms with Crippen molar-refractivity contribution in [3.8, 4) is 11.3 Å². The third kappa shape index (κ3) is 4.08. The van der Waals surface area contributed by atoms with Crippen LogP contribution in [0.4, 0.5) is 5.13 Å². The Kier molecular flexibility index (Phi) is 5.42. The van der Waals surface area contributed by atoms with Gasteiger partial charge in [-0.05, 0) is 48.5 Å². The van der Waals surface area contributed by atoms with Gasteiger partial charge >= 0.3 is 0 Å². The van der Waals surface area contributed by atoms with E-state index in [9.17, 15) is 4.79 Å². The van der Waals surface area contributed by atoms with Gasteiger partial charge in [0, 0.05) is 16.7 Å². The lowest BCUT2D eigenvalue weighted by Gasteiger charge is -2.00. The summed E-state index contributed by atoms with van der Waals surface area (Å²) in [5.41, 5.74) is 1.39. The number of carbonyl (C=O) groups is 1. The molecular formula is C20H11Cl3N2O2S. The van der Waals surface area contributed by atoms with Gasteiger partial charge in [-0.2, -0.15) is 0 Å². The van der Waals surface area contributed by atoms with Gasteiger partial charge in [-0.25, -0.2) is 4.98 Å². The van der Waals surface area contributed by atoms with E-state index in [-0.39, 0.29) is 5.91 Å². The van der Waals surface area contributed by atoms with E-state index in [0.717, 1.165) is 10.3 Å². The minimum absolute atomic E-state index is 0.322. The lowest BCUT2D eigenvalue weighted by atomic mass is 10.2. The number of thiazole rings is 1. The Labute approximate surface area is 179 Å². The van der Waals surface area contributed by atoms with Crippen molar-refractivity contribution in [2.45, 2.75) is 0 Å². The number of fused-ring (bicyclic) bond motifs is 1. The Bertz CT molecular complexity index is 1210. The standard InChI is InChI=1S/C20H11Cl3N2O2S/c21-11-4-7-13(15(23)10-11)16-8-5-12(27-16)6-9-18(26)24-20-25-19-14(22)2-1-3-17(19)28-20/h1-10H,(H,24,25,26)/b9-6+. The molecule has 2 heterocycles. The molecule has 0 aliphatic heterocycles. The smallest absolute Gasteiger partial charge is 0.250 e. The third-order valence-electron chi connectivity index (χ3n) is 3.82. The fourth-order valence-electron chi connectivity index (χ4n) is 2.55. The molecule has 0 radical (unpaired) electrons. The summed E-state index contributed by atoms with van der Waals surface area (Å²) >= 11 is 19.6. The first kappa shape index (κ1) is 19.0. The Morgan fingerprint density at radius 1 is 1.07 bits per heavy atom. The van der Waals surface area contributed by atoms with Crippen molar-refractivity contribution < 1.29 is 9.21 Å². The quantitative estimate of drug-likeness (QED) is 0.336. The molecule has 2 aromatic heterocycles. The maximum absolute atomic E-state index is 12.2.